The lowest BCUT2D eigenvalue weighted by atomic mass is 10.1. The van der Waals surface area contributed by atoms with Gasteiger partial charge in [-0.1, -0.05) is 18.2 Å². The number of ether oxygens (including phenoxy) is 1. The molecule has 0 aliphatic rings. The summed E-state index contributed by atoms with van der Waals surface area (Å²) in [5.41, 5.74) is 2.92. The van der Waals surface area contributed by atoms with Crippen LogP contribution >= 0.6 is 11.8 Å². The average Bonchev–Trinajstić information content (AvgIpc) is 2.51. The van der Waals surface area contributed by atoms with Gasteiger partial charge in [-0.3, -0.25) is 4.79 Å². The van der Waals surface area contributed by atoms with Crippen LogP contribution in [0.3, 0.4) is 0 Å². The van der Waals surface area contributed by atoms with Crippen LogP contribution in [0.2, 0.25) is 0 Å². The number of amides is 1. The van der Waals surface area contributed by atoms with E-state index in [4.69, 9.17) is 4.74 Å². The molecule has 1 atom stereocenters. The predicted octanol–water partition coefficient (Wildman–Crippen LogP) is 4.43. The maximum atomic E-state index is 12.3. The molecule has 2 aromatic carbocycles. The molecule has 22 heavy (non-hydrogen) atoms. The van der Waals surface area contributed by atoms with Crippen molar-refractivity contribution in [3.8, 4) is 5.75 Å². The second kappa shape index (κ2) is 7.36. The Balaban J connectivity index is 2.04. The first-order valence-corrected chi connectivity index (χ1v) is 8.41. The molecule has 0 aromatic heterocycles. The van der Waals surface area contributed by atoms with E-state index in [1.54, 1.807) is 18.7 Å². The van der Waals surface area contributed by atoms with Crippen LogP contribution in [0, 0.1) is 13.8 Å². The highest BCUT2D eigenvalue weighted by atomic mass is 32.2. The number of nitrogens with one attached hydrogen (secondary N) is 1. The number of aryl methyl sites for hydroxylation is 2. The Morgan fingerprint density at radius 1 is 1.18 bits per heavy atom. The molecule has 2 rings (SSSR count). The van der Waals surface area contributed by atoms with Gasteiger partial charge in [0.1, 0.15) is 5.75 Å². The van der Waals surface area contributed by atoms with E-state index in [-0.39, 0.29) is 5.91 Å². The molecule has 1 N–H and O–H groups in total. The van der Waals surface area contributed by atoms with Crippen molar-refractivity contribution in [3.63, 3.8) is 0 Å². The van der Waals surface area contributed by atoms with Gasteiger partial charge in [-0.25, -0.2) is 0 Å². The van der Waals surface area contributed by atoms with Crippen molar-refractivity contribution in [2.45, 2.75) is 31.8 Å². The molecule has 0 fully saturated rings. The van der Waals surface area contributed by atoms with Crippen molar-refractivity contribution in [2.75, 3.05) is 11.6 Å². The highest BCUT2D eigenvalue weighted by molar-refractivity contribution is 7.98. The van der Waals surface area contributed by atoms with Gasteiger partial charge in [0.25, 0.3) is 5.91 Å². The molecule has 0 unspecified atom stereocenters. The number of carbonyl (C=O) groups is 1. The molecule has 3 nitrogen and oxygen atoms in total. The number of benzene rings is 2. The van der Waals surface area contributed by atoms with E-state index in [0.29, 0.717) is 0 Å². The summed E-state index contributed by atoms with van der Waals surface area (Å²) in [5, 5.41) is 2.89. The summed E-state index contributed by atoms with van der Waals surface area (Å²) >= 11 is 1.64. The van der Waals surface area contributed by atoms with Crippen LogP contribution in [0.25, 0.3) is 0 Å². The molecule has 0 bridgehead atoms. The fraction of sp³-hybridized carbons (Fsp3) is 0.278. The van der Waals surface area contributed by atoms with Crippen LogP contribution < -0.4 is 10.1 Å². The van der Waals surface area contributed by atoms with Crippen molar-refractivity contribution in [1.82, 2.24) is 0 Å². The molecule has 0 spiro atoms. The van der Waals surface area contributed by atoms with E-state index in [1.807, 2.05) is 62.6 Å². The summed E-state index contributed by atoms with van der Waals surface area (Å²) in [5.74, 6) is 0.597. The fourth-order valence-corrected chi connectivity index (χ4v) is 2.48. The van der Waals surface area contributed by atoms with E-state index in [2.05, 4.69) is 5.32 Å². The summed E-state index contributed by atoms with van der Waals surface area (Å²) in [6.45, 7) is 5.74. The van der Waals surface area contributed by atoms with Gasteiger partial charge in [0.15, 0.2) is 6.10 Å². The molecule has 0 saturated carbocycles. The normalized spacial score (nSPS) is 11.8. The first-order valence-electron chi connectivity index (χ1n) is 7.18. The highest BCUT2D eigenvalue weighted by Crippen LogP contribution is 2.22. The van der Waals surface area contributed by atoms with E-state index < -0.39 is 6.10 Å². The molecule has 0 aliphatic heterocycles. The zero-order valence-corrected chi connectivity index (χ0v) is 14.2. The third-order valence-electron chi connectivity index (χ3n) is 3.35. The first kappa shape index (κ1) is 16.4. The summed E-state index contributed by atoms with van der Waals surface area (Å²) < 4.78 is 5.80. The van der Waals surface area contributed by atoms with Crippen molar-refractivity contribution >= 4 is 23.4 Å². The molecule has 2 aromatic rings. The molecular formula is C18H21NO2S. The van der Waals surface area contributed by atoms with E-state index in [0.717, 1.165) is 27.5 Å². The molecule has 1 amide bonds. The highest BCUT2D eigenvalue weighted by Gasteiger charge is 2.16. The van der Waals surface area contributed by atoms with Gasteiger partial charge in [-0.2, -0.15) is 0 Å². The minimum Gasteiger partial charge on any atom is -0.481 e. The largest absolute Gasteiger partial charge is 0.481 e. The number of rotatable bonds is 5. The Labute approximate surface area is 136 Å². The van der Waals surface area contributed by atoms with Crippen LogP contribution in [-0.4, -0.2) is 18.3 Å². The zero-order valence-electron chi connectivity index (χ0n) is 13.3. The molecule has 0 radical (unpaired) electrons. The minimum absolute atomic E-state index is 0.154. The Morgan fingerprint density at radius 3 is 2.68 bits per heavy atom. The number of anilines is 1. The van der Waals surface area contributed by atoms with Crippen molar-refractivity contribution < 1.29 is 9.53 Å². The van der Waals surface area contributed by atoms with Crippen LogP contribution in [0.1, 0.15) is 18.1 Å². The molecule has 0 heterocycles. The van der Waals surface area contributed by atoms with Crippen molar-refractivity contribution in [1.29, 1.82) is 0 Å². The lowest BCUT2D eigenvalue weighted by Gasteiger charge is -2.17. The van der Waals surface area contributed by atoms with Crippen LogP contribution in [0.5, 0.6) is 5.75 Å². The van der Waals surface area contributed by atoms with Gasteiger partial charge in [-0.05, 0) is 62.4 Å². The van der Waals surface area contributed by atoms with Gasteiger partial charge < -0.3 is 10.1 Å². The van der Waals surface area contributed by atoms with Gasteiger partial charge in [0, 0.05) is 10.6 Å². The zero-order chi connectivity index (χ0) is 16.1. The van der Waals surface area contributed by atoms with Crippen LogP contribution in [0.4, 0.5) is 5.69 Å². The lowest BCUT2D eigenvalue weighted by Crippen LogP contribution is -2.30. The second-order valence-electron chi connectivity index (χ2n) is 5.25. The van der Waals surface area contributed by atoms with E-state index >= 15 is 0 Å². The standard InChI is InChI=1S/C18H21NO2S/c1-12-8-9-13(2)17(10-12)21-14(3)18(20)19-15-6-5-7-16(11-15)22-4/h5-11,14H,1-4H3,(H,19,20)/t14-/m0/s1. The van der Waals surface area contributed by atoms with Gasteiger partial charge in [-0.15, -0.1) is 11.8 Å². The molecule has 0 aliphatic carbocycles. The van der Waals surface area contributed by atoms with Crippen molar-refractivity contribution in [2.24, 2.45) is 0 Å². The summed E-state index contributed by atoms with van der Waals surface area (Å²) in [7, 11) is 0. The third kappa shape index (κ3) is 4.28. The number of hydrogen-bond acceptors (Lipinski definition) is 3. The monoisotopic (exact) mass is 315 g/mol. The fourth-order valence-electron chi connectivity index (χ4n) is 2.02. The SMILES string of the molecule is CSc1cccc(NC(=O)[C@H](C)Oc2cc(C)ccc2C)c1. The van der Waals surface area contributed by atoms with Crippen LogP contribution in [0.15, 0.2) is 47.4 Å². The Bertz CT molecular complexity index is 670. The number of thioether (sulfide) groups is 1. The lowest BCUT2D eigenvalue weighted by molar-refractivity contribution is -0.122. The molecule has 0 saturated heterocycles. The number of hydrogen-bond donors (Lipinski definition) is 1. The Kier molecular flexibility index (Phi) is 5.50. The number of carbonyl (C=O) groups excluding carboxylic acids is 1. The van der Waals surface area contributed by atoms with E-state index in [1.165, 1.54) is 0 Å². The second-order valence-corrected chi connectivity index (χ2v) is 6.13. The first-order chi connectivity index (χ1) is 10.5. The molecule has 116 valence electrons. The van der Waals surface area contributed by atoms with Gasteiger partial charge >= 0.3 is 0 Å². The maximum Gasteiger partial charge on any atom is 0.265 e. The van der Waals surface area contributed by atoms with Gasteiger partial charge in [0.2, 0.25) is 0 Å². The maximum absolute atomic E-state index is 12.3. The smallest absolute Gasteiger partial charge is 0.265 e. The van der Waals surface area contributed by atoms with Gasteiger partial charge in [0.05, 0.1) is 0 Å². The van der Waals surface area contributed by atoms with Crippen molar-refractivity contribution in [3.05, 3.63) is 53.6 Å². The van der Waals surface area contributed by atoms with Crippen LogP contribution in [-0.2, 0) is 4.79 Å². The summed E-state index contributed by atoms with van der Waals surface area (Å²) in [6, 6.07) is 13.7. The van der Waals surface area contributed by atoms with E-state index in [9.17, 15) is 4.79 Å². The Hall–Kier alpha value is -1.94. The molecular weight excluding hydrogens is 294 g/mol. The summed E-state index contributed by atoms with van der Waals surface area (Å²) in [6.07, 6.45) is 1.45. The predicted molar refractivity (Wildman–Crippen MR) is 92.9 cm³/mol. The quantitative estimate of drug-likeness (QED) is 0.829. The minimum atomic E-state index is -0.557. The topological polar surface area (TPSA) is 38.3 Å². The molecule has 4 heteroatoms. The summed E-state index contributed by atoms with van der Waals surface area (Å²) in [4.78, 5) is 13.4. The third-order valence-corrected chi connectivity index (χ3v) is 4.08. The Morgan fingerprint density at radius 2 is 1.95 bits per heavy atom. The average molecular weight is 315 g/mol.